The zero-order valence-corrected chi connectivity index (χ0v) is 9.57. The van der Waals surface area contributed by atoms with Crippen LogP contribution in [0, 0.1) is 0 Å². The van der Waals surface area contributed by atoms with Crippen molar-refractivity contribution in [3.8, 4) is 11.5 Å². The number of rotatable bonds is 5. The molecule has 0 radical (unpaired) electrons. The Balaban J connectivity index is 3.15. The number of hydrogen-bond donors (Lipinski definition) is 1. The minimum Gasteiger partial charge on any atom is -0.496 e. The zero-order chi connectivity index (χ0) is 11.3. The first-order valence-electron chi connectivity index (χ1n) is 4.50. The summed E-state index contributed by atoms with van der Waals surface area (Å²) in [4.78, 5) is 0.412. The van der Waals surface area contributed by atoms with Crippen molar-refractivity contribution in [2.24, 2.45) is 5.73 Å². The van der Waals surface area contributed by atoms with Crippen molar-refractivity contribution in [3.63, 3.8) is 0 Å². The van der Waals surface area contributed by atoms with Crippen molar-refractivity contribution in [2.75, 3.05) is 20.8 Å². The molecule has 0 heterocycles. The smallest absolute Gasteiger partial charge is 0.135 e. The van der Waals surface area contributed by atoms with Gasteiger partial charge in [0.25, 0.3) is 0 Å². The summed E-state index contributed by atoms with van der Waals surface area (Å²) in [6.45, 7) is 0.516. The summed E-state index contributed by atoms with van der Waals surface area (Å²) in [5, 5.41) is 0. The van der Waals surface area contributed by atoms with E-state index in [-0.39, 0.29) is 12.1 Å². The molecule has 0 aliphatic heterocycles. The second-order valence-electron chi connectivity index (χ2n) is 2.93. The Bertz CT molecular complexity index is 333. The van der Waals surface area contributed by atoms with Crippen molar-refractivity contribution >= 4 is 12.1 Å². The van der Waals surface area contributed by atoms with Gasteiger partial charge in [-0.3, -0.25) is 0 Å². The molecule has 0 spiro atoms. The standard InChI is InChI=1S/C10H14FNO2S/c1-13-8-6-10(15-11)9(14-2)5-7(8)3-4-12/h5-6H,3-4,12H2,1-2H3. The van der Waals surface area contributed by atoms with Gasteiger partial charge in [-0.2, -0.15) is 3.89 Å². The van der Waals surface area contributed by atoms with Crippen LogP contribution in [-0.2, 0) is 6.42 Å². The molecule has 1 aromatic carbocycles. The zero-order valence-electron chi connectivity index (χ0n) is 8.75. The molecule has 15 heavy (non-hydrogen) atoms. The minimum atomic E-state index is 0.140. The molecule has 0 unspecified atom stereocenters. The molecule has 0 bridgehead atoms. The van der Waals surface area contributed by atoms with Gasteiger partial charge in [-0.1, -0.05) is 0 Å². The van der Waals surface area contributed by atoms with Crippen molar-refractivity contribution in [1.29, 1.82) is 0 Å². The molecule has 0 aliphatic carbocycles. The van der Waals surface area contributed by atoms with Crippen molar-refractivity contribution < 1.29 is 13.4 Å². The summed E-state index contributed by atoms with van der Waals surface area (Å²) in [5.74, 6) is 1.15. The van der Waals surface area contributed by atoms with Crippen LogP contribution in [0.4, 0.5) is 3.89 Å². The van der Waals surface area contributed by atoms with Gasteiger partial charge >= 0.3 is 0 Å². The molecular formula is C10H14FNO2S. The first-order chi connectivity index (χ1) is 7.26. The predicted molar refractivity (Wildman–Crippen MR) is 59.3 cm³/mol. The molecule has 0 saturated heterocycles. The Morgan fingerprint density at radius 3 is 2.40 bits per heavy atom. The fraction of sp³-hybridized carbons (Fsp3) is 0.400. The third-order valence-corrected chi connectivity index (χ3v) is 2.55. The van der Waals surface area contributed by atoms with E-state index in [0.717, 1.165) is 5.56 Å². The largest absolute Gasteiger partial charge is 0.496 e. The molecule has 1 aromatic rings. The first-order valence-corrected chi connectivity index (χ1v) is 5.22. The van der Waals surface area contributed by atoms with E-state index in [9.17, 15) is 3.89 Å². The van der Waals surface area contributed by atoms with Gasteiger partial charge in [-0.05, 0) is 24.6 Å². The van der Waals surface area contributed by atoms with Crippen LogP contribution >= 0.6 is 12.1 Å². The van der Waals surface area contributed by atoms with Gasteiger partial charge in [0, 0.05) is 6.07 Å². The monoisotopic (exact) mass is 231 g/mol. The molecule has 0 saturated carbocycles. The van der Waals surface area contributed by atoms with E-state index in [1.807, 2.05) is 0 Å². The summed E-state index contributed by atoms with van der Waals surface area (Å²) in [6, 6.07) is 3.38. The quantitative estimate of drug-likeness (QED) is 0.843. The summed E-state index contributed by atoms with van der Waals surface area (Å²) >= 11 is 0.140. The van der Waals surface area contributed by atoms with Gasteiger partial charge in [0.2, 0.25) is 0 Å². The Morgan fingerprint density at radius 2 is 1.93 bits per heavy atom. The third-order valence-electron chi connectivity index (χ3n) is 2.06. The highest BCUT2D eigenvalue weighted by Gasteiger charge is 2.11. The number of hydrogen-bond acceptors (Lipinski definition) is 4. The highest BCUT2D eigenvalue weighted by atomic mass is 32.2. The van der Waals surface area contributed by atoms with E-state index in [1.165, 1.54) is 7.11 Å². The average molecular weight is 231 g/mol. The molecule has 0 fully saturated rings. The van der Waals surface area contributed by atoms with Crippen LogP contribution in [0.2, 0.25) is 0 Å². The summed E-state index contributed by atoms with van der Waals surface area (Å²) in [5.41, 5.74) is 6.40. The first kappa shape index (κ1) is 12.1. The topological polar surface area (TPSA) is 44.5 Å². The Hall–Kier alpha value is -0.940. The lowest BCUT2D eigenvalue weighted by Crippen LogP contribution is -2.05. The number of halogens is 1. The fourth-order valence-corrected chi connectivity index (χ4v) is 1.71. The summed E-state index contributed by atoms with van der Waals surface area (Å²) in [6.07, 6.45) is 0.677. The van der Waals surface area contributed by atoms with E-state index in [2.05, 4.69) is 0 Å². The summed E-state index contributed by atoms with van der Waals surface area (Å²) < 4.78 is 22.8. The van der Waals surface area contributed by atoms with E-state index >= 15 is 0 Å². The molecule has 0 aromatic heterocycles. The number of methoxy groups -OCH3 is 2. The highest BCUT2D eigenvalue weighted by Crippen LogP contribution is 2.36. The third kappa shape index (κ3) is 2.76. The van der Waals surface area contributed by atoms with Crippen LogP contribution in [0.5, 0.6) is 11.5 Å². The lowest BCUT2D eigenvalue weighted by Gasteiger charge is -2.12. The minimum absolute atomic E-state index is 0.140. The highest BCUT2D eigenvalue weighted by molar-refractivity contribution is 7.94. The number of ether oxygens (including phenoxy) is 2. The molecule has 0 aliphatic rings. The van der Waals surface area contributed by atoms with E-state index < -0.39 is 0 Å². The molecule has 1 rings (SSSR count). The summed E-state index contributed by atoms with van der Waals surface area (Å²) in [7, 11) is 3.06. The van der Waals surface area contributed by atoms with Crippen LogP contribution < -0.4 is 15.2 Å². The maximum atomic E-state index is 12.6. The molecule has 2 N–H and O–H groups in total. The SMILES string of the molecule is COc1cc(SF)c(OC)cc1CCN. The van der Waals surface area contributed by atoms with Gasteiger partial charge in [0.1, 0.15) is 11.5 Å². The second-order valence-corrected chi connectivity index (χ2v) is 3.52. The Labute approximate surface area is 93.0 Å². The van der Waals surface area contributed by atoms with Crippen LogP contribution in [-0.4, -0.2) is 20.8 Å². The molecule has 0 amide bonds. The molecule has 5 heteroatoms. The van der Waals surface area contributed by atoms with Gasteiger partial charge in [-0.25, -0.2) is 0 Å². The molecule has 0 atom stereocenters. The number of nitrogens with two attached hydrogens (primary N) is 1. The van der Waals surface area contributed by atoms with Gasteiger partial charge in [-0.15, -0.1) is 0 Å². The lowest BCUT2D eigenvalue weighted by atomic mass is 10.1. The van der Waals surface area contributed by atoms with Gasteiger partial charge < -0.3 is 15.2 Å². The van der Waals surface area contributed by atoms with Crippen LogP contribution in [0.3, 0.4) is 0 Å². The Kier molecular flexibility index (Phi) is 4.71. The van der Waals surface area contributed by atoms with E-state index in [4.69, 9.17) is 15.2 Å². The van der Waals surface area contributed by atoms with Crippen molar-refractivity contribution in [1.82, 2.24) is 0 Å². The average Bonchev–Trinajstić information content (AvgIpc) is 2.28. The fourth-order valence-electron chi connectivity index (χ4n) is 1.34. The van der Waals surface area contributed by atoms with Gasteiger partial charge in [0.15, 0.2) is 0 Å². The maximum Gasteiger partial charge on any atom is 0.135 e. The maximum absolute atomic E-state index is 12.6. The molecular weight excluding hydrogens is 217 g/mol. The van der Waals surface area contributed by atoms with Crippen molar-refractivity contribution in [2.45, 2.75) is 11.3 Å². The van der Waals surface area contributed by atoms with Crippen molar-refractivity contribution in [3.05, 3.63) is 17.7 Å². The lowest BCUT2D eigenvalue weighted by molar-refractivity contribution is 0.390. The normalized spacial score (nSPS) is 10.1. The van der Waals surface area contributed by atoms with Crippen LogP contribution in [0.15, 0.2) is 17.0 Å². The van der Waals surface area contributed by atoms with E-state index in [1.54, 1.807) is 19.2 Å². The second kappa shape index (κ2) is 5.82. The van der Waals surface area contributed by atoms with Crippen LogP contribution in [0.1, 0.15) is 5.56 Å². The Morgan fingerprint density at radius 1 is 1.27 bits per heavy atom. The predicted octanol–water partition coefficient (Wildman–Crippen LogP) is 2.18. The van der Waals surface area contributed by atoms with Gasteiger partial charge in [0.05, 0.1) is 31.3 Å². The number of benzene rings is 1. The van der Waals surface area contributed by atoms with Crippen LogP contribution in [0.25, 0.3) is 0 Å². The van der Waals surface area contributed by atoms with E-state index in [0.29, 0.717) is 29.4 Å². The molecule has 3 nitrogen and oxygen atoms in total. The molecule has 84 valence electrons.